The van der Waals surface area contributed by atoms with Crippen LogP contribution in [0.3, 0.4) is 0 Å². The summed E-state index contributed by atoms with van der Waals surface area (Å²) in [4.78, 5) is 0. The van der Waals surface area contributed by atoms with E-state index in [1.165, 1.54) is 36.4 Å². The molecule has 10 heteroatoms. The summed E-state index contributed by atoms with van der Waals surface area (Å²) in [7, 11) is 0. The van der Waals surface area contributed by atoms with Crippen molar-refractivity contribution in [2.24, 2.45) is 11.7 Å². The number of ether oxygens (including phenoxy) is 1. The third kappa shape index (κ3) is 6.34. The molecule has 0 bridgehead atoms. The van der Waals surface area contributed by atoms with Crippen LogP contribution < -0.4 is 10.5 Å². The van der Waals surface area contributed by atoms with Crippen molar-refractivity contribution in [2.45, 2.75) is 19.0 Å². The number of benzene rings is 4. The van der Waals surface area contributed by atoms with Gasteiger partial charge in [-0.25, -0.2) is 22.0 Å². The Morgan fingerprint density at radius 3 is 1.90 bits per heavy atom. The highest BCUT2D eigenvalue weighted by atomic mass is 19.3. The number of alkyl halides is 2. The van der Waals surface area contributed by atoms with Gasteiger partial charge in [0.25, 0.3) is 0 Å². The number of halogens is 7. The SMILES string of the molecule is N=CC(CN)CCc1cc(F)c(C(F)(F)Oc2ccc(-c3ccc(-c4ccc(F)cc4)c(F)c3)c(F)c2)c(F)c1. The maximum atomic E-state index is 14.9. The molecule has 3 nitrogen and oxygen atoms in total. The standard InChI is InChI=1S/C30H23F7N2O/c31-21-6-3-19(4-7-21)23-9-5-20(13-25(23)32)24-10-8-22(14-26(24)33)40-30(36,37)29-27(34)11-17(12-28(29)35)1-2-18(15-38)16-39/h3-15,18,38H,1-2,16,39H2. The van der Waals surface area contributed by atoms with Crippen molar-refractivity contribution < 1.29 is 35.5 Å². The summed E-state index contributed by atoms with van der Waals surface area (Å²) in [5.74, 6) is -6.39. The average Bonchev–Trinajstić information content (AvgIpc) is 2.89. The van der Waals surface area contributed by atoms with Gasteiger partial charge >= 0.3 is 6.11 Å². The summed E-state index contributed by atoms with van der Waals surface area (Å²) < 4.78 is 106. The lowest BCUT2D eigenvalue weighted by Crippen LogP contribution is -2.25. The van der Waals surface area contributed by atoms with Crippen LogP contribution in [0.2, 0.25) is 0 Å². The molecule has 0 fully saturated rings. The molecule has 1 atom stereocenters. The molecule has 4 aromatic rings. The fourth-order valence-corrected chi connectivity index (χ4v) is 4.21. The van der Waals surface area contributed by atoms with E-state index in [0.717, 1.165) is 36.5 Å². The number of aryl methyl sites for hydroxylation is 1. The Morgan fingerprint density at radius 1 is 0.750 bits per heavy atom. The van der Waals surface area contributed by atoms with Gasteiger partial charge in [0.05, 0.1) is 0 Å². The largest absolute Gasteiger partial charge is 0.432 e. The first-order valence-electron chi connectivity index (χ1n) is 12.1. The van der Waals surface area contributed by atoms with Crippen molar-refractivity contribution in [3.8, 4) is 28.0 Å². The average molecular weight is 561 g/mol. The normalized spacial score (nSPS) is 12.3. The van der Waals surface area contributed by atoms with Crippen LogP contribution in [0, 0.1) is 40.4 Å². The van der Waals surface area contributed by atoms with Crippen LogP contribution in [0.25, 0.3) is 22.3 Å². The predicted molar refractivity (Wildman–Crippen MR) is 138 cm³/mol. The Kier molecular flexibility index (Phi) is 8.58. The van der Waals surface area contributed by atoms with E-state index in [0.29, 0.717) is 18.1 Å². The van der Waals surface area contributed by atoms with Crippen LogP contribution in [0.5, 0.6) is 5.75 Å². The zero-order valence-corrected chi connectivity index (χ0v) is 20.8. The summed E-state index contributed by atoms with van der Waals surface area (Å²) in [5.41, 5.74) is 4.44. The lowest BCUT2D eigenvalue weighted by Gasteiger charge is -2.20. The van der Waals surface area contributed by atoms with E-state index >= 15 is 0 Å². The number of hydrogen-bond acceptors (Lipinski definition) is 3. The molecule has 4 aromatic carbocycles. The van der Waals surface area contributed by atoms with Gasteiger partial charge in [0.15, 0.2) is 0 Å². The maximum Gasteiger partial charge on any atom is 0.432 e. The van der Waals surface area contributed by atoms with Crippen LogP contribution in [0.15, 0.2) is 72.8 Å². The minimum atomic E-state index is -4.49. The van der Waals surface area contributed by atoms with Gasteiger partial charge in [0.2, 0.25) is 0 Å². The number of nitrogens with two attached hydrogens (primary N) is 1. The Morgan fingerprint density at radius 2 is 1.32 bits per heavy atom. The van der Waals surface area contributed by atoms with Crippen molar-refractivity contribution >= 4 is 6.21 Å². The van der Waals surface area contributed by atoms with E-state index < -0.39 is 46.5 Å². The van der Waals surface area contributed by atoms with Crippen LogP contribution >= 0.6 is 0 Å². The first kappa shape index (κ1) is 28.8. The lowest BCUT2D eigenvalue weighted by atomic mass is 9.99. The van der Waals surface area contributed by atoms with Crippen molar-refractivity contribution in [1.29, 1.82) is 5.41 Å². The molecule has 4 rings (SSSR count). The smallest absolute Gasteiger partial charge is 0.429 e. The molecule has 1 unspecified atom stereocenters. The Hall–Kier alpha value is -4.18. The van der Waals surface area contributed by atoms with E-state index in [2.05, 4.69) is 4.74 Å². The summed E-state index contributed by atoms with van der Waals surface area (Å²) in [6.45, 7) is 0.157. The molecular formula is C30H23F7N2O. The Bertz CT molecular complexity index is 1500. The van der Waals surface area contributed by atoms with Gasteiger partial charge in [-0.3, -0.25) is 0 Å². The second-order valence-electron chi connectivity index (χ2n) is 9.10. The van der Waals surface area contributed by atoms with Crippen LogP contribution in [-0.4, -0.2) is 12.8 Å². The molecule has 0 aliphatic carbocycles. The molecule has 0 radical (unpaired) electrons. The number of rotatable bonds is 10. The molecular weight excluding hydrogens is 537 g/mol. The quantitative estimate of drug-likeness (QED) is 0.153. The molecule has 0 aliphatic heterocycles. The van der Waals surface area contributed by atoms with Gasteiger partial charge in [-0.2, -0.15) is 8.78 Å². The summed E-state index contributed by atoms with van der Waals surface area (Å²) in [6.07, 6.45) is -2.98. The van der Waals surface area contributed by atoms with Gasteiger partial charge in [-0.05, 0) is 78.2 Å². The topological polar surface area (TPSA) is 59.1 Å². The van der Waals surface area contributed by atoms with E-state index in [4.69, 9.17) is 11.1 Å². The highest BCUT2D eigenvalue weighted by Crippen LogP contribution is 2.37. The van der Waals surface area contributed by atoms with Crippen LogP contribution in [0.4, 0.5) is 30.7 Å². The molecule has 0 saturated carbocycles. The fourth-order valence-electron chi connectivity index (χ4n) is 4.21. The summed E-state index contributed by atoms with van der Waals surface area (Å²) in [5, 5.41) is 7.24. The minimum Gasteiger partial charge on any atom is -0.429 e. The van der Waals surface area contributed by atoms with Crippen molar-refractivity contribution in [3.63, 3.8) is 0 Å². The summed E-state index contributed by atoms with van der Waals surface area (Å²) in [6, 6.07) is 13.0. The molecule has 40 heavy (non-hydrogen) atoms. The molecule has 0 heterocycles. The first-order chi connectivity index (χ1) is 19.0. The number of nitrogens with one attached hydrogen (secondary N) is 1. The zero-order chi connectivity index (χ0) is 29.0. The van der Waals surface area contributed by atoms with Gasteiger partial charge in [-0.15, -0.1) is 0 Å². The minimum absolute atomic E-state index is 0.0896. The molecule has 0 aliphatic rings. The second-order valence-corrected chi connectivity index (χ2v) is 9.10. The van der Waals surface area contributed by atoms with E-state index in [-0.39, 0.29) is 41.1 Å². The van der Waals surface area contributed by atoms with Crippen molar-refractivity contribution in [2.75, 3.05) is 6.54 Å². The van der Waals surface area contributed by atoms with Crippen molar-refractivity contribution in [3.05, 3.63) is 113 Å². The first-order valence-corrected chi connectivity index (χ1v) is 12.1. The fraction of sp³-hybridized carbons (Fsp3) is 0.167. The van der Waals surface area contributed by atoms with Crippen molar-refractivity contribution in [1.82, 2.24) is 0 Å². The monoisotopic (exact) mass is 560 g/mol. The third-order valence-corrected chi connectivity index (χ3v) is 6.36. The van der Waals surface area contributed by atoms with Crippen LogP contribution in [0.1, 0.15) is 17.5 Å². The Labute approximate surface area is 225 Å². The molecule has 0 amide bonds. The highest BCUT2D eigenvalue weighted by Gasteiger charge is 2.41. The third-order valence-electron chi connectivity index (χ3n) is 6.36. The maximum absolute atomic E-state index is 14.9. The highest BCUT2D eigenvalue weighted by molar-refractivity contribution is 5.71. The van der Waals surface area contributed by atoms with E-state index in [1.54, 1.807) is 0 Å². The Balaban J connectivity index is 1.54. The molecule has 3 N–H and O–H groups in total. The molecule has 0 saturated heterocycles. The molecule has 0 aromatic heterocycles. The second kappa shape index (κ2) is 11.9. The summed E-state index contributed by atoms with van der Waals surface area (Å²) >= 11 is 0. The number of hydrogen-bond donors (Lipinski definition) is 2. The predicted octanol–water partition coefficient (Wildman–Crippen LogP) is 8.00. The van der Waals surface area contributed by atoms with Gasteiger partial charge in [-0.1, -0.05) is 24.3 Å². The lowest BCUT2D eigenvalue weighted by molar-refractivity contribution is -0.189. The zero-order valence-electron chi connectivity index (χ0n) is 20.8. The van der Waals surface area contributed by atoms with E-state index in [1.807, 2.05) is 0 Å². The van der Waals surface area contributed by atoms with Gasteiger partial charge in [0, 0.05) is 29.7 Å². The molecule has 208 valence electrons. The van der Waals surface area contributed by atoms with Gasteiger partial charge in [0.1, 0.15) is 40.4 Å². The molecule has 0 spiro atoms. The van der Waals surface area contributed by atoms with E-state index in [9.17, 15) is 30.7 Å². The van der Waals surface area contributed by atoms with Crippen LogP contribution in [-0.2, 0) is 12.5 Å². The van der Waals surface area contributed by atoms with Gasteiger partial charge < -0.3 is 15.9 Å².